The largest absolute Gasteiger partial charge is 0.416 e. The van der Waals surface area contributed by atoms with E-state index >= 15 is 0 Å². The number of nitrogens with two attached hydrogens (primary N) is 1. The zero-order chi connectivity index (χ0) is 15.6. The van der Waals surface area contributed by atoms with Crippen LogP contribution in [0.15, 0.2) is 42.5 Å². The molecule has 112 valence electrons. The molecule has 3 N–H and O–H groups in total. The predicted molar refractivity (Wildman–Crippen MR) is 75.7 cm³/mol. The van der Waals surface area contributed by atoms with E-state index in [-0.39, 0.29) is 17.7 Å². The number of nitrogen functional groups attached to an aromatic ring is 1. The first-order chi connectivity index (χ1) is 9.77. The summed E-state index contributed by atoms with van der Waals surface area (Å²) in [5.41, 5.74) is 7.04. The van der Waals surface area contributed by atoms with E-state index < -0.39 is 17.8 Å². The van der Waals surface area contributed by atoms with E-state index in [1.807, 2.05) is 31.2 Å². The minimum atomic E-state index is -4.45. The first-order valence-electron chi connectivity index (χ1n) is 6.47. The molecule has 0 heterocycles. The molecule has 2 rings (SSSR count). The lowest BCUT2D eigenvalue weighted by atomic mass is 9.97. The number of aliphatic hydroxyl groups is 1. The number of rotatable bonds is 3. The Bertz CT molecular complexity index is 620. The molecule has 0 aliphatic heterocycles. The summed E-state index contributed by atoms with van der Waals surface area (Å²) in [6.45, 7) is 1.94. The third-order valence-corrected chi connectivity index (χ3v) is 3.32. The summed E-state index contributed by atoms with van der Waals surface area (Å²) in [4.78, 5) is 0. The number of hydrogen-bond donors (Lipinski definition) is 2. The van der Waals surface area contributed by atoms with E-state index in [4.69, 9.17) is 5.73 Å². The number of aliphatic hydroxyl groups excluding tert-OH is 1. The van der Waals surface area contributed by atoms with Crippen molar-refractivity contribution in [1.82, 2.24) is 0 Å². The van der Waals surface area contributed by atoms with Crippen molar-refractivity contribution in [3.8, 4) is 0 Å². The fraction of sp³-hybridized carbons (Fsp3) is 0.250. The van der Waals surface area contributed by atoms with Crippen LogP contribution in [-0.4, -0.2) is 5.11 Å². The first kappa shape index (κ1) is 15.4. The fourth-order valence-corrected chi connectivity index (χ4v) is 2.10. The normalized spacial score (nSPS) is 13.2. The van der Waals surface area contributed by atoms with Crippen molar-refractivity contribution in [3.05, 3.63) is 64.7 Å². The summed E-state index contributed by atoms with van der Waals surface area (Å²) in [6, 6.07) is 10.4. The SMILES string of the molecule is Cc1ccc(CC(O)c2cc(C(F)(F)F)ccc2N)cc1. The lowest BCUT2D eigenvalue weighted by molar-refractivity contribution is -0.137. The van der Waals surface area contributed by atoms with Gasteiger partial charge in [0.15, 0.2) is 0 Å². The zero-order valence-electron chi connectivity index (χ0n) is 11.5. The standard InChI is InChI=1S/C16H16F3NO/c1-10-2-4-11(5-3-10)8-15(21)13-9-12(16(17,18)19)6-7-14(13)20/h2-7,9,15,21H,8,20H2,1H3. The number of benzene rings is 2. The van der Waals surface area contributed by atoms with E-state index in [9.17, 15) is 18.3 Å². The Morgan fingerprint density at radius 2 is 1.71 bits per heavy atom. The van der Waals surface area contributed by atoms with Gasteiger partial charge in [0.05, 0.1) is 11.7 Å². The summed E-state index contributed by atoms with van der Waals surface area (Å²) < 4.78 is 38.1. The number of anilines is 1. The Kier molecular flexibility index (Phi) is 4.23. The molecule has 0 radical (unpaired) electrons. The topological polar surface area (TPSA) is 46.2 Å². The van der Waals surface area contributed by atoms with Crippen molar-refractivity contribution in [3.63, 3.8) is 0 Å². The van der Waals surface area contributed by atoms with E-state index in [0.29, 0.717) is 0 Å². The third-order valence-electron chi connectivity index (χ3n) is 3.32. The van der Waals surface area contributed by atoms with E-state index in [0.717, 1.165) is 23.3 Å². The van der Waals surface area contributed by atoms with Crippen LogP contribution < -0.4 is 5.73 Å². The molecule has 0 saturated heterocycles. The van der Waals surface area contributed by atoms with Crippen LogP contribution in [-0.2, 0) is 12.6 Å². The minimum Gasteiger partial charge on any atom is -0.398 e. The lowest BCUT2D eigenvalue weighted by Crippen LogP contribution is -2.10. The Morgan fingerprint density at radius 1 is 1.10 bits per heavy atom. The maximum absolute atomic E-state index is 12.7. The second-order valence-corrected chi connectivity index (χ2v) is 5.05. The van der Waals surface area contributed by atoms with Crippen LogP contribution in [0.1, 0.15) is 28.4 Å². The van der Waals surface area contributed by atoms with Gasteiger partial charge in [0.25, 0.3) is 0 Å². The average Bonchev–Trinajstić information content (AvgIpc) is 2.40. The number of halogens is 3. The predicted octanol–water partition coefficient (Wildman–Crippen LogP) is 3.87. The molecule has 0 aliphatic rings. The van der Waals surface area contributed by atoms with Crippen LogP contribution >= 0.6 is 0 Å². The summed E-state index contributed by atoms with van der Waals surface area (Å²) in [5, 5.41) is 10.2. The van der Waals surface area contributed by atoms with Crippen molar-refractivity contribution in [2.24, 2.45) is 0 Å². The Labute approximate surface area is 121 Å². The van der Waals surface area contributed by atoms with Crippen LogP contribution in [0.25, 0.3) is 0 Å². The van der Waals surface area contributed by atoms with Gasteiger partial charge in [-0.2, -0.15) is 13.2 Å². The lowest BCUT2D eigenvalue weighted by Gasteiger charge is -2.16. The van der Waals surface area contributed by atoms with Crippen LogP contribution in [0.5, 0.6) is 0 Å². The van der Waals surface area contributed by atoms with Crippen molar-refractivity contribution >= 4 is 5.69 Å². The molecule has 0 amide bonds. The quantitative estimate of drug-likeness (QED) is 0.844. The Morgan fingerprint density at radius 3 is 2.29 bits per heavy atom. The molecule has 1 atom stereocenters. The maximum Gasteiger partial charge on any atom is 0.416 e. The molecular formula is C16H16F3NO. The van der Waals surface area contributed by atoms with Gasteiger partial charge in [0.2, 0.25) is 0 Å². The average molecular weight is 295 g/mol. The molecule has 0 spiro atoms. The van der Waals surface area contributed by atoms with Gasteiger partial charge >= 0.3 is 6.18 Å². The highest BCUT2D eigenvalue weighted by Gasteiger charge is 2.31. The third kappa shape index (κ3) is 3.76. The van der Waals surface area contributed by atoms with E-state index in [2.05, 4.69) is 0 Å². The Balaban J connectivity index is 2.26. The molecule has 0 fully saturated rings. The first-order valence-corrected chi connectivity index (χ1v) is 6.47. The molecule has 0 aliphatic carbocycles. The fourth-order valence-electron chi connectivity index (χ4n) is 2.10. The summed E-state index contributed by atoms with van der Waals surface area (Å²) in [5.74, 6) is 0. The van der Waals surface area contributed by atoms with Gasteiger partial charge in [0, 0.05) is 17.7 Å². The summed E-state index contributed by atoms with van der Waals surface area (Å²) >= 11 is 0. The molecule has 0 saturated carbocycles. The van der Waals surface area contributed by atoms with Crippen molar-refractivity contribution in [2.75, 3.05) is 5.73 Å². The maximum atomic E-state index is 12.7. The summed E-state index contributed by atoms with van der Waals surface area (Å²) in [6.07, 6.45) is -5.31. The van der Waals surface area contributed by atoms with Gasteiger partial charge in [-0.15, -0.1) is 0 Å². The second kappa shape index (κ2) is 5.77. The molecule has 0 bridgehead atoms. The highest BCUT2D eigenvalue weighted by molar-refractivity contribution is 5.50. The molecule has 2 aromatic carbocycles. The molecule has 2 nitrogen and oxygen atoms in total. The van der Waals surface area contributed by atoms with Crippen molar-refractivity contribution in [1.29, 1.82) is 0 Å². The summed E-state index contributed by atoms with van der Waals surface area (Å²) in [7, 11) is 0. The van der Waals surface area contributed by atoms with Gasteiger partial charge in [-0.05, 0) is 30.7 Å². The van der Waals surface area contributed by atoms with Gasteiger partial charge in [-0.1, -0.05) is 29.8 Å². The van der Waals surface area contributed by atoms with Gasteiger partial charge < -0.3 is 10.8 Å². The molecular weight excluding hydrogens is 279 g/mol. The van der Waals surface area contributed by atoms with Gasteiger partial charge in [-0.3, -0.25) is 0 Å². The van der Waals surface area contributed by atoms with E-state index in [1.54, 1.807) is 0 Å². The smallest absolute Gasteiger partial charge is 0.398 e. The van der Waals surface area contributed by atoms with E-state index in [1.165, 1.54) is 6.07 Å². The van der Waals surface area contributed by atoms with Crippen LogP contribution in [0.4, 0.5) is 18.9 Å². The number of alkyl halides is 3. The van der Waals surface area contributed by atoms with Crippen molar-refractivity contribution in [2.45, 2.75) is 25.6 Å². The highest BCUT2D eigenvalue weighted by atomic mass is 19.4. The number of hydrogen-bond acceptors (Lipinski definition) is 2. The monoisotopic (exact) mass is 295 g/mol. The molecule has 5 heteroatoms. The van der Waals surface area contributed by atoms with Gasteiger partial charge in [-0.25, -0.2) is 0 Å². The number of aryl methyl sites for hydroxylation is 1. The Hall–Kier alpha value is -2.01. The molecule has 2 aromatic rings. The highest BCUT2D eigenvalue weighted by Crippen LogP contribution is 2.33. The van der Waals surface area contributed by atoms with Crippen molar-refractivity contribution < 1.29 is 18.3 Å². The minimum absolute atomic E-state index is 0.102. The molecule has 0 aromatic heterocycles. The molecule has 1 unspecified atom stereocenters. The zero-order valence-corrected chi connectivity index (χ0v) is 11.5. The van der Waals surface area contributed by atoms with Crippen LogP contribution in [0, 0.1) is 6.92 Å². The van der Waals surface area contributed by atoms with Crippen LogP contribution in [0.3, 0.4) is 0 Å². The second-order valence-electron chi connectivity index (χ2n) is 5.05. The van der Waals surface area contributed by atoms with Gasteiger partial charge in [0.1, 0.15) is 0 Å². The van der Waals surface area contributed by atoms with Crippen LogP contribution in [0.2, 0.25) is 0 Å². The molecule has 21 heavy (non-hydrogen) atoms.